The molecule has 5 nitrogen and oxygen atoms in total. The lowest BCUT2D eigenvalue weighted by Crippen LogP contribution is -2.12. The summed E-state index contributed by atoms with van der Waals surface area (Å²) in [5.41, 5.74) is 2.90. The predicted octanol–water partition coefficient (Wildman–Crippen LogP) is 4.25. The summed E-state index contributed by atoms with van der Waals surface area (Å²) in [6, 6.07) is 13.8. The molecule has 7 heteroatoms. The van der Waals surface area contributed by atoms with E-state index < -0.39 is 0 Å². The van der Waals surface area contributed by atoms with E-state index in [-0.39, 0.29) is 0 Å². The Balaban J connectivity index is 2.11. The van der Waals surface area contributed by atoms with E-state index in [4.69, 9.17) is 9.47 Å². The van der Waals surface area contributed by atoms with Gasteiger partial charge in [0, 0.05) is 33.2 Å². The van der Waals surface area contributed by atoms with Gasteiger partial charge in [-0.05, 0) is 40.8 Å². The number of hydrogen-bond donors (Lipinski definition) is 0. The fourth-order valence-corrected chi connectivity index (χ4v) is 3.78. The van der Waals surface area contributed by atoms with Gasteiger partial charge in [0.1, 0.15) is 11.5 Å². The summed E-state index contributed by atoms with van der Waals surface area (Å²) in [6.07, 6.45) is 1.85. The smallest absolute Gasteiger partial charge is 0.205 e. The molecule has 0 N–H and O–H groups in total. The van der Waals surface area contributed by atoms with Gasteiger partial charge in [-0.25, -0.2) is 4.68 Å². The number of hydrogen-bond acceptors (Lipinski definition) is 5. The standard InChI is InChI=1S/C19H18IN3O2S/c1-21-19-23(22-11-13-6-4-5-7-16(13)20)17(12-26-19)15-9-8-14(24-2)10-18(15)25-3/h4-12H,1-3H3. The lowest BCUT2D eigenvalue weighted by molar-refractivity contribution is 0.395. The molecule has 134 valence electrons. The van der Waals surface area contributed by atoms with Crippen LogP contribution < -0.4 is 14.3 Å². The van der Waals surface area contributed by atoms with Crippen molar-refractivity contribution < 1.29 is 9.47 Å². The summed E-state index contributed by atoms with van der Waals surface area (Å²) in [4.78, 5) is 5.15. The van der Waals surface area contributed by atoms with Crippen LogP contribution in [0.3, 0.4) is 0 Å². The number of methoxy groups -OCH3 is 2. The topological polar surface area (TPSA) is 48.1 Å². The van der Waals surface area contributed by atoms with E-state index in [1.807, 2.05) is 52.7 Å². The summed E-state index contributed by atoms with van der Waals surface area (Å²) < 4.78 is 13.8. The molecule has 0 aliphatic heterocycles. The van der Waals surface area contributed by atoms with Gasteiger partial charge in [-0.3, -0.25) is 4.99 Å². The van der Waals surface area contributed by atoms with Crippen LogP contribution in [-0.2, 0) is 0 Å². The minimum atomic E-state index is 0.725. The molecule has 2 aromatic carbocycles. The zero-order valence-electron chi connectivity index (χ0n) is 14.6. The molecule has 0 aliphatic carbocycles. The van der Waals surface area contributed by atoms with Gasteiger partial charge >= 0.3 is 0 Å². The lowest BCUT2D eigenvalue weighted by Gasteiger charge is -2.10. The molecule has 0 saturated heterocycles. The average Bonchev–Trinajstić information content (AvgIpc) is 3.09. The van der Waals surface area contributed by atoms with Gasteiger partial charge in [-0.15, -0.1) is 11.3 Å². The van der Waals surface area contributed by atoms with Crippen molar-refractivity contribution in [1.29, 1.82) is 0 Å². The number of rotatable bonds is 5. The Labute approximate surface area is 169 Å². The molecule has 1 aromatic heterocycles. The fraction of sp³-hybridized carbons (Fsp3) is 0.158. The maximum atomic E-state index is 5.55. The van der Waals surface area contributed by atoms with Gasteiger partial charge in [0.25, 0.3) is 0 Å². The van der Waals surface area contributed by atoms with E-state index in [2.05, 4.69) is 38.8 Å². The molecule has 0 atom stereocenters. The Bertz CT molecular complexity index is 1010. The molecule has 26 heavy (non-hydrogen) atoms. The molecule has 0 aliphatic rings. The minimum absolute atomic E-state index is 0.725. The van der Waals surface area contributed by atoms with Crippen LogP contribution in [0, 0.1) is 3.57 Å². The number of aromatic nitrogens is 1. The van der Waals surface area contributed by atoms with Crippen LogP contribution in [0.25, 0.3) is 11.3 Å². The summed E-state index contributed by atoms with van der Waals surface area (Å²) in [6.45, 7) is 0. The van der Waals surface area contributed by atoms with E-state index in [0.29, 0.717) is 0 Å². The van der Waals surface area contributed by atoms with Crippen molar-refractivity contribution in [3.05, 3.63) is 61.8 Å². The van der Waals surface area contributed by atoms with Crippen molar-refractivity contribution in [1.82, 2.24) is 4.68 Å². The second-order valence-corrected chi connectivity index (χ2v) is 7.27. The second-order valence-electron chi connectivity index (χ2n) is 5.27. The largest absolute Gasteiger partial charge is 0.497 e. The SMILES string of the molecule is CN=c1scc(-c2ccc(OC)cc2OC)n1N=Cc1ccccc1I. The molecule has 1 heterocycles. The molecule has 3 aromatic rings. The van der Waals surface area contributed by atoms with Gasteiger partial charge in [0.2, 0.25) is 4.80 Å². The van der Waals surface area contributed by atoms with E-state index in [1.165, 1.54) is 11.3 Å². The Hall–Kier alpha value is -2.13. The van der Waals surface area contributed by atoms with Gasteiger partial charge in [-0.2, -0.15) is 5.10 Å². The van der Waals surface area contributed by atoms with Crippen molar-refractivity contribution in [2.45, 2.75) is 0 Å². The number of nitrogens with zero attached hydrogens (tertiary/aromatic N) is 3. The Morgan fingerprint density at radius 3 is 2.62 bits per heavy atom. The lowest BCUT2D eigenvalue weighted by atomic mass is 10.1. The Morgan fingerprint density at radius 2 is 1.92 bits per heavy atom. The van der Waals surface area contributed by atoms with Crippen molar-refractivity contribution in [2.24, 2.45) is 10.1 Å². The first kappa shape index (κ1) is 18.7. The zero-order valence-corrected chi connectivity index (χ0v) is 17.6. The zero-order chi connectivity index (χ0) is 18.5. The summed E-state index contributed by atoms with van der Waals surface area (Å²) in [7, 11) is 5.05. The quantitative estimate of drug-likeness (QED) is 0.406. The van der Waals surface area contributed by atoms with Crippen LogP contribution in [0.4, 0.5) is 0 Å². The van der Waals surface area contributed by atoms with Crippen molar-refractivity contribution in [2.75, 3.05) is 21.3 Å². The van der Waals surface area contributed by atoms with Crippen molar-refractivity contribution >= 4 is 40.1 Å². The third-order valence-corrected chi connectivity index (χ3v) is 5.67. The molecule has 3 rings (SSSR count). The summed E-state index contributed by atoms with van der Waals surface area (Å²) in [5.74, 6) is 1.47. The Morgan fingerprint density at radius 1 is 1.12 bits per heavy atom. The highest BCUT2D eigenvalue weighted by Gasteiger charge is 2.13. The predicted molar refractivity (Wildman–Crippen MR) is 114 cm³/mol. The van der Waals surface area contributed by atoms with E-state index in [0.717, 1.165) is 36.7 Å². The maximum absolute atomic E-state index is 5.55. The van der Waals surface area contributed by atoms with Crippen LogP contribution in [0.15, 0.2) is 57.9 Å². The monoisotopic (exact) mass is 479 g/mol. The number of ether oxygens (including phenoxy) is 2. The summed E-state index contributed by atoms with van der Waals surface area (Å²) in [5, 5.41) is 6.71. The molecule has 0 fully saturated rings. The molecule has 0 amide bonds. The van der Waals surface area contributed by atoms with Crippen LogP contribution >= 0.6 is 33.9 Å². The first-order valence-electron chi connectivity index (χ1n) is 7.82. The highest BCUT2D eigenvalue weighted by molar-refractivity contribution is 14.1. The van der Waals surface area contributed by atoms with E-state index >= 15 is 0 Å². The van der Waals surface area contributed by atoms with Crippen LogP contribution in [0.5, 0.6) is 11.5 Å². The molecular weight excluding hydrogens is 461 g/mol. The molecule has 0 radical (unpaired) electrons. The molecular formula is C19H18IN3O2S. The van der Waals surface area contributed by atoms with Gasteiger partial charge in [0.15, 0.2) is 0 Å². The Kier molecular flexibility index (Phi) is 6.10. The minimum Gasteiger partial charge on any atom is -0.497 e. The van der Waals surface area contributed by atoms with E-state index in [9.17, 15) is 0 Å². The fourth-order valence-electron chi connectivity index (χ4n) is 2.46. The molecule has 0 bridgehead atoms. The highest BCUT2D eigenvalue weighted by Crippen LogP contribution is 2.33. The normalized spacial score (nSPS) is 11.9. The maximum Gasteiger partial charge on any atom is 0.205 e. The molecule has 0 saturated carbocycles. The number of halogens is 1. The van der Waals surface area contributed by atoms with E-state index in [1.54, 1.807) is 21.3 Å². The molecule has 0 unspecified atom stereocenters. The number of benzene rings is 2. The molecule has 0 spiro atoms. The number of thiazole rings is 1. The van der Waals surface area contributed by atoms with Crippen molar-refractivity contribution in [3.8, 4) is 22.8 Å². The first-order valence-corrected chi connectivity index (χ1v) is 9.78. The van der Waals surface area contributed by atoms with Gasteiger partial charge in [-0.1, -0.05) is 18.2 Å². The first-order chi connectivity index (χ1) is 12.7. The highest BCUT2D eigenvalue weighted by atomic mass is 127. The third-order valence-electron chi connectivity index (χ3n) is 3.78. The van der Waals surface area contributed by atoms with Crippen LogP contribution in [0.2, 0.25) is 0 Å². The van der Waals surface area contributed by atoms with Crippen LogP contribution in [-0.4, -0.2) is 32.2 Å². The third kappa shape index (κ3) is 3.83. The van der Waals surface area contributed by atoms with Crippen LogP contribution in [0.1, 0.15) is 5.56 Å². The van der Waals surface area contributed by atoms with Gasteiger partial charge in [0.05, 0.1) is 26.1 Å². The average molecular weight is 479 g/mol. The summed E-state index contributed by atoms with van der Waals surface area (Å²) >= 11 is 3.84. The van der Waals surface area contributed by atoms with Crippen molar-refractivity contribution in [3.63, 3.8) is 0 Å². The second kappa shape index (κ2) is 8.50. The van der Waals surface area contributed by atoms with Gasteiger partial charge < -0.3 is 9.47 Å².